The summed E-state index contributed by atoms with van der Waals surface area (Å²) in [6.07, 6.45) is 6.21. The number of likely N-dealkylation sites (tertiary alicyclic amines) is 1. The van der Waals surface area contributed by atoms with Crippen molar-refractivity contribution in [3.63, 3.8) is 0 Å². The van der Waals surface area contributed by atoms with Gasteiger partial charge in [0.05, 0.1) is 5.69 Å². The first-order valence-electron chi connectivity index (χ1n) is 9.49. The summed E-state index contributed by atoms with van der Waals surface area (Å²) in [6, 6.07) is 10.0. The lowest BCUT2D eigenvalue weighted by Crippen LogP contribution is -2.43. The number of anilines is 1. The Bertz CT molecular complexity index is 771. The molecule has 1 aromatic carbocycles. The molecule has 2 atom stereocenters. The number of benzene rings is 1. The highest BCUT2D eigenvalue weighted by Crippen LogP contribution is 2.20. The fourth-order valence-electron chi connectivity index (χ4n) is 3.70. The van der Waals surface area contributed by atoms with Crippen LogP contribution >= 0.6 is 0 Å². The molecule has 0 saturated carbocycles. The van der Waals surface area contributed by atoms with Crippen LogP contribution in [0.3, 0.4) is 0 Å². The van der Waals surface area contributed by atoms with Crippen LogP contribution in [0.15, 0.2) is 41.3 Å². The molecule has 0 bridgehead atoms. The highest BCUT2D eigenvalue weighted by Gasteiger charge is 2.23. The van der Waals surface area contributed by atoms with Crippen molar-refractivity contribution in [1.29, 1.82) is 0 Å². The number of hydrogen-bond donors (Lipinski definition) is 2. The molecule has 4 N–H and O–H groups in total. The van der Waals surface area contributed by atoms with Gasteiger partial charge < -0.3 is 16.4 Å². The zero-order chi connectivity index (χ0) is 18.5. The molecule has 0 spiro atoms. The second kappa shape index (κ2) is 8.47. The third-order valence-electron chi connectivity index (χ3n) is 5.38. The Hall–Kier alpha value is -2.18. The summed E-state index contributed by atoms with van der Waals surface area (Å²) >= 11 is 0. The molecule has 1 aliphatic heterocycles. The molecule has 2 unspecified atom stereocenters. The van der Waals surface area contributed by atoms with E-state index in [9.17, 15) is 4.79 Å². The van der Waals surface area contributed by atoms with Gasteiger partial charge in [0, 0.05) is 25.3 Å². The van der Waals surface area contributed by atoms with Gasteiger partial charge in [-0.15, -0.1) is 0 Å². The fraction of sp³-hybridized carbons (Fsp3) is 0.500. The molecule has 6 heteroatoms. The quantitative estimate of drug-likeness (QED) is 0.825. The zero-order valence-corrected chi connectivity index (χ0v) is 15.5. The highest BCUT2D eigenvalue weighted by atomic mass is 16.1. The zero-order valence-electron chi connectivity index (χ0n) is 15.5. The third kappa shape index (κ3) is 4.51. The molecule has 2 aromatic rings. The average Bonchev–Trinajstić information content (AvgIpc) is 2.66. The van der Waals surface area contributed by atoms with Crippen molar-refractivity contribution in [3.05, 3.63) is 52.6 Å². The minimum atomic E-state index is -0.357. The standard InChI is InChI=1S/C20H29N5O/c1-2-18(21)16-4-3-11-24(14-16)12-9-15-5-7-17(8-6-15)25-13-10-19(22)23-20(25)26/h5-8,10,13,16,18H,2-4,9,11-12,14,21H2,1H3,(H2,22,23,26). The van der Waals surface area contributed by atoms with E-state index in [1.807, 2.05) is 12.1 Å². The molecular weight excluding hydrogens is 326 g/mol. The van der Waals surface area contributed by atoms with E-state index in [2.05, 4.69) is 28.9 Å². The van der Waals surface area contributed by atoms with Crippen LogP contribution in [0.2, 0.25) is 0 Å². The van der Waals surface area contributed by atoms with Crippen LogP contribution in [-0.4, -0.2) is 40.1 Å². The molecule has 0 radical (unpaired) electrons. The lowest BCUT2D eigenvalue weighted by molar-refractivity contribution is 0.157. The van der Waals surface area contributed by atoms with E-state index in [1.54, 1.807) is 12.3 Å². The monoisotopic (exact) mass is 355 g/mol. The number of aromatic nitrogens is 2. The van der Waals surface area contributed by atoms with Crippen LogP contribution in [0.4, 0.5) is 5.82 Å². The van der Waals surface area contributed by atoms with Gasteiger partial charge in [-0.25, -0.2) is 4.79 Å². The SMILES string of the molecule is CCC(N)C1CCCN(CCc2ccc(-n3ccc(N)nc3=O)cc2)C1. The Balaban J connectivity index is 1.58. The molecule has 0 aliphatic carbocycles. The Kier molecular flexibility index (Phi) is 6.06. The van der Waals surface area contributed by atoms with Gasteiger partial charge >= 0.3 is 5.69 Å². The van der Waals surface area contributed by atoms with Gasteiger partial charge in [-0.2, -0.15) is 4.98 Å². The number of nitrogens with zero attached hydrogens (tertiary/aromatic N) is 3. The van der Waals surface area contributed by atoms with Gasteiger partial charge in [-0.1, -0.05) is 19.1 Å². The van der Waals surface area contributed by atoms with Crippen molar-refractivity contribution >= 4 is 5.82 Å². The van der Waals surface area contributed by atoms with Gasteiger partial charge in [-0.05, 0) is 61.9 Å². The number of rotatable bonds is 6. The van der Waals surface area contributed by atoms with E-state index in [4.69, 9.17) is 11.5 Å². The van der Waals surface area contributed by atoms with E-state index in [0.29, 0.717) is 12.0 Å². The largest absolute Gasteiger partial charge is 0.383 e. The van der Waals surface area contributed by atoms with Crippen LogP contribution in [0.25, 0.3) is 5.69 Å². The topological polar surface area (TPSA) is 90.2 Å². The number of hydrogen-bond acceptors (Lipinski definition) is 5. The van der Waals surface area contributed by atoms with E-state index in [1.165, 1.54) is 23.0 Å². The second-order valence-electron chi connectivity index (χ2n) is 7.20. The van der Waals surface area contributed by atoms with Crippen LogP contribution in [0.1, 0.15) is 31.7 Å². The average molecular weight is 355 g/mol. The number of piperidine rings is 1. The summed E-state index contributed by atoms with van der Waals surface area (Å²) in [4.78, 5) is 18.2. The Morgan fingerprint density at radius 1 is 1.27 bits per heavy atom. The first kappa shape index (κ1) is 18.6. The van der Waals surface area contributed by atoms with Crippen molar-refractivity contribution in [3.8, 4) is 5.69 Å². The van der Waals surface area contributed by atoms with Gasteiger partial charge in [0.1, 0.15) is 5.82 Å². The molecule has 1 aromatic heterocycles. The van der Waals surface area contributed by atoms with Crippen LogP contribution in [0.5, 0.6) is 0 Å². The minimum Gasteiger partial charge on any atom is -0.383 e. The summed E-state index contributed by atoms with van der Waals surface area (Å²) in [5, 5.41) is 0. The van der Waals surface area contributed by atoms with Gasteiger partial charge in [-0.3, -0.25) is 4.57 Å². The third-order valence-corrected chi connectivity index (χ3v) is 5.38. The first-order chi connectivity index (χ1) is 12.6. The molecule has 6 nitrogen and oxygen atoms in total. The van der Waals surface area contributed by atoms with Crippen LogP contribution < -0.4 is 17.2 Å². The minimum absolute atomic E-state index is 0.241. The van der Waals surface area contributed by atoms with E-state index < -0.39 is 0 Å². The van der Waals surface area contributed by atoms with E-state index in [-0.39, 0.29) is 11.5 Å². The van der Waals surface area contributed by atoms with E-state index >= 15 is 0 Å². The summed E-state index contributed by atoms with van der Waals surface area (Å²) in [7, 11) is 0. The smallest absolute Gasteiger partial charge is 0.354 e. The maximum absolute atomic E-state index is 11.9. The van der Waals surface area contributed by atoms with E-state index in [0.717, 1.165) is 38.2 Å². The van der Waals surface area contributed by atoms with Crippen molar-refractivity contribution in [2.75, 3.05) is 25.4 Å². The van der Waals surface area contributed by atoms with Crippen LogP contribution in [0, 0.1) is 5.92 Å². The molecule has 1 aliphatic rings. The summed E-state index contributed by atoms with van der Waals surface area (Å²) in [5.74, 6) is 0.867. The lowest BCUT2D eigenvalue weighted by atomic mass is 9.89. The maximum atomic E-state index is 11.9. The maximum Gasteiger partial charge on any atom is 0.354 e. The summed E-state index contributed by atoms with van der Waals surface area (Å²) in [6.45, 7) is 5.50. The van der Waals surface area contributed by atoms with Gasteiger partial charge in [0.2, 0.25) is 0 Å². The molecule has 140 valence electrons. The molecule has 3 rings (SSSR count). The van der Waals surface area contributed by atoms with Crippen molar-refractivity contribution < 1.29 is 0 Å². The second-order valence-corrected chi connectivity index (χ2v) is 7.20. The molecule has 1 saturated heterocycles. The molecule has 2 heterocycles. The van der Waals surface area contributed by atoms with Crippen molar-refractivity contribution in [2.24, 2.45) is 11.7 Å². The van der Waals surface area contributed by atoms with Gasteiger partial charge in [0.15, 0.2) is 0 Å². The van der Waals surface area contributed by atoms with Gasteiger partial charge in [0.25, 0.3) is 0 Å². The molecular formula is C20H29N5O. The fourth-order valence-corrected chi connectivity index (χ4v) is 3.70. The summed E-state index contributed by atoms with van der Waals surface area (Å²) in [5.41, 5.74) is 13.5. The summed E-state index contributed by atoms with van der Waals surface area (Å²) < 4.78 is 1.50. The molecule has 0 amide bonds. The van der Waals surface area contributed by atoms with Crippen molar-refractivity contribution in [2.45, 2.75) is 38.6 Å². The first-order valence-corrected chi connectivity index (χ1v) is 9.49. The highest BCUT2D eigenvalue weighted by molar-refractivity contribution is 5.36. The predicted octanol–water partition coefficient (Wildman–Crippen LogP) is 1.81. The van der Waals surface area contributed by atoms with Crippen LogP contribution in [-0.2, 0) is 6.42 Å². The molecule has 26 heavy (non-hydrogen) atoms. The Labute approximate surface area is 154 Å². The Morgan fingerprint density at radius 3 is 2.73 bits per heavy atom. The number of nitrogens with two attached hydrogens (primary N) is 2. The lowest BCUT2D eigenvalue weighted by Gasteiger charge is -2.35. The Morgan fingerprint density at radius 2 is 2.04 bits per heavy atom. The molecule has 1 fully saturated rings. The number of nitrogen functional groups attached to an aromatic ring is 1. The normalized spacial score (nSPS) is 19.4. The van der Waals surface area contributed by atoms with Crippen molar-refractivity contribution in [1.82, 2.24) is 14.5 Å². The predicted molar refractivity (Wildman–Crippen MR) is 105 cm³/mol.